The fraction of sp³-hybridized carbons (Fsp3) is 0.462. The molecule has 5 heteroatoms. The van der Waals surface area contributed by atoms with Crippen LogP contribution >= 0.6 is 0 Å². The second kappa shape index (κ2) is 4.17. The van der Waals surface area contributed by atoms with Gasteiger partial charge in [0.15, 0.2) is 0 Å². The van der Waals surface area contributed by atoms with E-state index in [1.165, 1.54) is 4.31 Å². The Bertz CT molecular complexity index is 590. The monoisotopic (exact) mass is 267 g/mol. The van der Waals surface area contributed by atoms with Gasteiger partial charge in [-0.2, -0.15) is 4.31 Å². The van der Waals surface area contributed by atoms with Gasteiger partial charge < -0.3 is 0 Å². The lowest BCUT2D eigenvalue weighted by molar-refractivity contribution is -0.116. The first kappa shape index (κ1) is 13.2. The summed E-state index contributed by atoms with van der Waals surface area (Å²) < 4.78 is 26.3. The standard InChI is InChI=1S/C13H17NO3S/c1-10-5-4-6-12(7-10)18(16,17)14-9-11(15)8-13(14,2)3/h4-7H,8-9H2,1-3H3. The summed E-state index contributed by atoms with van der Waals surface area (Å²) in [6.07, 6.45) is 0.276. The van der Waals surface area contributed by atoms with Gasteiger partial charge in [0, 0.05) is 12.0 Å². The summed E-state index contributed by atoms with van der Waals surface area (Å²) in [4.78, 5) is 11.8. The molecule has 0 atom stereocenters. The SMILES string of the molecule is Cc1cccc(S(=O)(=O)N2CC(=O)CC2(C)C)c1. The molecule has 0 amide bonds. The van der Waals surface area contributed by atoms with Gasteiger partial charge in [-0.05, 0) is 38.5 Å². The third kappa shape index (κ3) is 2.20. The van der Waals surface area contributed by atoms with Crippen LogP contribution in [0.25, 0.3) is 0 Å². The molecule has 0 aromatic heterocycles. The zero-order chi connectivity index (χ0) is 13.6. The molecular formula is C13H17NO3S. The summed E-state index contributed by atoms with van der Waals surface area (Å²) in [7, 11) is -3.59. The number of benzene rings is 1. The lowest BCUT2D eigenvalue weighted by Crippen LogP contribution is -2.42. The number of carbonyl (C=O) groups is 1. The average Bonchev–Trinajstić information content (AvgIpc) is 2.52. The van der Waals surface area contributed by atoms with Crippen molar-refractivity contribution in [1.82, 2.24) is 4.31 Å². The van der Waals surface area contributed by atoms with Crippen LogP contribution in [0.3, 0.4) is 0 Å². The van der Waals surface area contributed by atoms with E-state index >= 15 is 0 Å². The maximum absolute atomic E-state index is 12.5. The van der Waals surface area contributed by atoms with Crippen LogP contribution in [0, 0.1) is 6.92 Å². The van der Waals surface area contributed by atoms with Crippen LogP contribution in [0.4, 0.5) is 0 Å². The summed E-state index contributed by atoms with van der Waals surface area (Å²) in [5.74, 6) is -0.0313. The molecule has 0 aliphatic carbocycles. The van der Waals surface area contributed by atoms with E-state index in [0.29, 0.717) is 0 Å². The predicted molar refractivity (Wildman–Crippen MR) is 68.8 cm³/mol. The topological polar surface area (TPSA) is 54.5 Å². The summed E-state index contributed by atoms with van der Waals surface area (Å²) >= 11 is 0. The second-order valence-corrected chi connectivity index (χ2v) is 7.22. The number of Topliss-reactive ketones (excluding diaryl/α,β-unsaturated/α-hetero) is 1. The third-order valence-electron chi connectivity index (χ3n) is 3.20. The zero-order valence-electron chi connectivity index (χ0n) is 10.8. The number of aryl methyl sites for hydroxylation is 1. The van der Waals surface area contributed by atoms with Crippen LogP contribution in [0.15, 0.2) is 29.2 Å². The fourth-order valence-corrected chi connectivity index (χ4v) is 4.18. The molecule has 0 saturated carbocycles. The fourth-order valence-electron chi connectivity index (χ4n) is 2.31. The molecular weight excluding hydrogens is 250 g/mol. The first-order chi connectivity index (χ1) is 8.23. The molecule has 1 saturated heterocycles. The second-order valence-electron chi connectivity index (χ2n) is 5.36. The first-order valence-electron chi connectivity index (χ1n) is 5.85. The highest BCUT2D eigenvalue weighted by Crippen LogP contribution is 2.32. The maximum atomic E-state index is 12.5. The molecule has 1 aliphatic heterocycles. The molecule has 0 radical (unpaired) electrons. The molecule has 0 bridgehead atoms. The van der Waals surface area contributed by atoms with Gasteiger partial charge >= 0.3 is 0 Å². The minimum Gasteiger partial charge on any atom is -0.298 e. The van der Waals surface area contributed by atoms with Crippen molar-refractivity contribution in [3.63, 3.8) is 0 Å². The summed E-state index contributed by atoms with van der Waals surface area (Å²) in [5, 5.41) is 0. The van der Waals surface area contributed by atoms with E-state index in [9.17, 15) is 13.2 Å². The van der Waals surface area contributed by atoms with E-state index in [-0.39, 0.29) is 23.6 Å². The Kier molecular flexibility index (Phi) is 3.07. The average molecular weight is 267 g/mol. The molecule has 1 fully saturated rings. The van der Waals surface area contributed by atoms with Crippen molar-refractivity contribution < 1.29 is 13.2 Å². The van der Waals surface area contributed by atoms with Crippen molar-refractivity contribution in [3.05, 3.63) is 29.8 Å². The van der Waals surface area contributed by atoms with Crippen LogP contribution in [0.5, 0.6) is 0 Å². The van der Waals surface area contributed by atoms with E-state index in [2.05, 4.69) is 0 Å². The largest absolute Gasteiger partial charge is 0.298 e. The van der Waals surface area contributed by atoms with Gasteiger partial charge in [0.2, 0.25) is 10.0 Å². The third-order valence-corrected chi connectivity index (χ3v) is 5.26. The number of hydrogen-bond donors (Lipinski definition) is 0. The van der Waals surface area contributed by atoms with Crippen molar-refractivity contribution in [2.24, 2.45) is 0 Å². The van der Waals surface area contributed by atoms with Crippen LogP contribution in [-0.2, 0) is 14.8 Å². The molecule has 0 spiro atoms. The highest BCUT2D eigenvalue weighted by Gasteiger charge is 2.44. The highest BCUT2D eigenvalue weighted by atomic mass is 32.2. The molecule has 0 unspecified atom stereocenters. The molecule has 1 aromatic rings. The van der Waals surface area contributed by atoms with Crippen molar-refractivity contribution >= 4 is 15.8 Å². The number of nitrogens with zero attached hydrogens (tertiary/aromatic N) is 1. The Morgan fingerprint density at radius 2 is 1.94 bits per heavy atom. The van der Waals surface area contributed by atoms with E-state index in [0.717, 1.165) is 5.56 Å². The Morgan fingerprint density at radius 1 is 1.28 bits per heavy atom. The van der Waals surface area contributed by atoms with Crippen molar-refractivity contribution in [1.29, 1.82) is 0 Å². The van der Waals surface area contributed by atoms with Crippen molar-refractivity contribution in [3.8, 4) is 0 Å². The quantitative estimate of drug-likeness (QED) is 0.820. The van der Waals surface area contributed by atoms with E-state index in [1.807, 2.05) is 13.0 Å². The lowest BCUT2D eigenvalue weighted by Gasteiger charge is -2.29. The van der Waals surface area contributed by atoms with Crippen LogP contribution in [-0.4, -0.2) is 30.6 Å². The van der Waals surface area contributed by atoms with E-state index in [4.69, 9.17) is 0 Å². The van der Waals surface area contributed by atoms with Crippen LogP contribution in [0.2, 0.25) is 0 Å². The molecule has 2 rings (SSSR count). The Hall–Kier alpha value is -1.20. The molecule has 4 nitrogen and oxygen atoms in total. The molecule has 1 aromatic carbocycles. The minimum atomic E-state index is -3.59. The number of ketones is 1. The zero-order valence-corrected chi connectivity index (χ0v) is 11.6. The number of sulfonamides is 1. The Labute approximate surface area is 108 Å². The molecule has 18 heavy (non-hydrogen) atoms. The van der Waals surface area contributed by atoms with Gasteiger partial charge in [-0.25, -0.2) is 8.42 Å². The number of carbonyl (C=O) groups excluding carboxylic acids is 1. The summed E-state index contributed by atoms with van der Waals surface area (Å²) in [6, 6.07) is 6.77. The van der Waals surface area contributed by atoms with Crippen molar-refractivity contribution in [2.45, 2.75) is 37.6 Å². The normalized spacial score (nSPS) is 20.3. The van der Waals surface area contributed by atoms with E-state index < -0.39 is 15.6 Å². The number of hydrogen-bond acceptors (Lipinski definition) is 3. The maximum Gasteiger partial charge on any atom is 0.243 e. The Balaban J connectivity index is 2.47. The van der Waals surface area contributed by atoms with Gasteiger partial charge in [0.25, 0.3) is 0 Å². The van der Waals surface area contributed by atoms with Gasteiger partial charge in [0.05, 0.1) is 11.4 Å². The van der Waals surface area contributed by atoms with Gasteiger partial charge in [-0.1, -0.05) is 12.1 Å². The van der Waals surface area contributed by atoms with Gasteiger partial charge in [0.1, 0.15) is 5.78 Å². The van der Waals surface area contributed by atoms with Gasteiger partial charge in [-0.3, -0.25) is 4.79 Å². The van der Waals surface area contributed by atoms with E-state index in [1.54, 1.807) is 32.0 Å². The minimum absolute atomic E-state index is 0.0245. The first-order valence-corrected chi connectivity index (χ1v) is 7.29. The molecule has 0 N–H and O–H groups in total. The molecule has 98 valence electrons. The smallest absolute Gasteiger partial charge is 0.243 e. The Morgan fingerprint density at radius 3 is 2.44 bits per heavy atom. The lowest BCUT2D eigenvalue weighted by atomic mass is 10.0. The van der Waals surface area contributed by atoms with Crippen LogP contribution in [0.1, 0.15) is 25.8 Å². The van der Waals surface area contributed by atoms with Gasteiger partial charge in [-0.15, -0.1) is 0 Å². The number of rotatable bonds is 2. The predicted octanol–water partition coefficient (Wildman–Crippen LogP) is 1.74. The summed E-state index contributed by atoms with van der Waals surface area (Å²) in [6.45, 7) is 5.39. The van der Waals surface area contributed by atoms with Crippen molar-refractivity contribution in [2.75, 3.05) is 6.54 Å². The summed E-state index contributed by atoms with van der Waals surface area (Å²) in [5.41, 5.74) is 0.249. The molecule has 1 aliphatic rings. The highest BCUT2D eigenvalue weighted by molar-refractivity contribution is 7.89. The molecule has 1 heterocycles. The van der Waals surface area contributed by atoms with Crippen LogP contribution < -0.4 is 0 Å².